The van der Waals surface area contributed by atoms with Gasteiger partial charge in [0.05, 0.1) is 37.9 Å². The Hall–Kier alpha value is -1.79. The molecule has 0 fully saturated rings. The molecule has 0 bridgehead atoms. The van der Waals surface area contributed by atoms with Gasteiger partial charge < -0.3 is 24.9 Å². The number of nitrogens with zero attached hydrogens (tertiary/aromatic N) is 2. The molecule has 1 atom stereocenters. The SMILES string of the molecule is COc1cc2nc(C(C)N)n(CCO)c2cc1OC. The number of aromatic nitrogens is 2. The van der Waals surface area contributed by atoms with Crippen LogP contribution in [0.2, 0.25) is 0 Å². The highest BCUT2D eigenvalue weighted by Crippen LogP contribution is 2.33. The number of aliphatic hydroxyl groups excluding tert-OH is 1. The topological polar surface area (TPSA) is 82.5 Å². The van der Waals surface area contributed by atoms with E-state index < -0.39 is 0 Å². The van der Waals surface area contributed by atoms with Crippen molar-refractivity contribution in [3.63, 3.8) is 0 Å². The predicted octanol–water partition coefficient (Wildman–Crippen LogP) is 1.07. The van der Waals surface area contributed by atoms with Crippen LogP contribution in [0, 0.1) is 0 Å². The van der Waals surface area contributed by atoms with Crippen LogP contribution in [0.1, 0.15) is 18.8 Å². The number of hydrogen-bond acceptors (Lipinski definition) is 5. The van der Waals surface area contributed by atoms with Gasteiger partial charge in [0.25, 0.3) is 0 Å². The summed E-state index contributed by atoms with van der Waals surface area (Å²) < 4.78 is 12.5. The first-order valence-corrected chi connectivity index (χ1v) is 6.11. The average Bonchev–Trinajstić information content (AvgIpc) is 2.76. The van der Waals surface area contributed by atoms with E-state index in [0.29, 0.717) is 18.0 Å². The molecule has 0 radical (unpaired) electrons. The van der Waals surface area contributed by atoms with E-state index in [1.165, 1.54) is 0 Å². The predicted molar refractivity (Wildman–Crippen MR) is 72.5 cm³/mol. The van der Waals surface area contributed by atoms with Crippen LogP contribution in [0.15, 0.2) is 12.1 Å². The highest BCUT2D eigenvalue weighted by Gasteiger charge is 2.16. The number of hydrogen-bond donors (Lipinski definition) is 2. The largest absolute Gasteiger partial charge is 0.493 e. The highest BCUT2D eigenvalue weighted by atomic mass is 16.5. The second-order valence-corrected chi connectivity index (χ2v) is 4.33. The Bertz CT molecular complexity index is 578. The Balaban J connectivity index is 2.69. The van der Waals surface area contributed by atoms with Crippen LogP contribution < -0.4 is 15.2 Å². The minimum atomic E-state index is -0.212. The third kappa shape index (κ3) is 2.36. The van der Waals surface area contributed by atoms with Crippen molar-refractivity contribution < 1.29 is 14.6 Å². The molecule has 6 nitrogen and oxygen atoms in total. The van der Waals surface area contributed by atoms with Crippen molar-refractivity contribution >= 4 is 11.0 Å². The normalized spacial score (nSPS) is 12.7. The number of imidazole rings is 1. The van der Waals surface area contributed by atoms with Crippen molar-refractivity contribution in [2.45, 2.75) is 19.5 Å². The molecule has 0 aliphatic heterocycles. The molecule has 1 aromatic carbocycles. The zero-order valence-corrected chi connectivity index (χ0v) is 11.4. The maximum absolute atomic E-state index is 9.19. The first kappa shape index (κ1) is 13.6. The molecule has 1 heterocycles. The number of fused-ring (bicyclic) bond motifs is 1. The van der Waals surface area contributed by atoms with Gasteiger partial charge in [0.15, 0.2) is 11.5 Å². The number of aliphatic hydroxyl groups is 1. The summed E-state index contributed by atoms with van der Waals surface area (Å²) in [5.74, 6) is 1.99. The molecule has 3 N–H and O–H groups in total. The Labute approximate surface area is 111 Å². The Morgan fingerprint density at radius 3 is 2.47 bits per heavy atom. The van der Waals surface area contributed by atoms with E-state index in [0.717, 1.165) is 16.9 Å². The molecular weight excluding hydrogens is 246 g/mol. The standard InChI is InChI=1S/C13H19N3O3/c1-8(14)13-15-9-6-11(18-2)12(19-3)7-10(9)16(13)4-5-17/h6-8,17H,4-5,14H2,1-3H3. The van der Waals surface area contributed by atoms with Crippen molar-refractivity contribution in [1.82, 2.24) is 9.55 Å². The van der Waals surface area contributed by atoms with E-state index in [1.807, 2.05) is 23.6 Å². The summed E-state index contributed by atoms with van der Waals surface area (Å²) in [6, 6.07) is 3.45. The fraction of sp³-hybridized carbons (Fsp3) is 0.462. The average molecular weight is 265 g/mol. The number of nitrogens with two attached hydrogens (primary N) is 1. The van der Waals surface area contributed by atoms with Crippen LogP contribution in [0.25, 0.3) is 11.0 Å². The van der Waals surface area contributed by atoms with Gasteiger partial charge >= 0.3 is 0 Å². The molecule has 0 aliphatic rings. The summed E-state index contributed by atoms with van der Waals surface area (Å²) in [4.78, 5) is 4.51. The van der Waals surface area contributed by atoms with E-state index in [9.17, 15) is 5.11 Å². The highest BCUT2D eigenvalue weighted by molar-refractivity contribution is 5.80. The van der Waals surface area contributed by atoms with Crippen LogP contribution in [-0.2, 0) is 6.54 Å². The van der Waals surface area contributed by atoms with Gasteiger partial charge in [-0.25, -0.2) is 4.98 Å². The van der Waals surface area contributed by atoms with Gasteiger partial charge in [-0.3, -0.25) is 0 Å². The van der Waals surface area contributed by atoms with Gasteiger partial charge in [-0.15, -0.1) is 0 Å². The smallest absolute Gasteiger partial charge is 0.163 e. The Morgan fingerprint density at radius 2 is 1.95 bits per heavy atom. The molecular formula is C13H19N3O3. The second kappa shape index (κ2) is 5.46. The summed E-state index contributed by atoms with van der Waals surface area (Å²) in [7, 11) is 3.17. The Morgan fingerprint density at radius 1 is 1.32 bits per heavy atom. The summed E-state index contributed by atoms with van der Waals surface area (Å²) in [6.07, 6.45) is 0. The molecule has 0 aliphatic carbocycles. The van der Waals surface area contributed by atoms with Crippen LogP contribution in [0.3, 0.4) is 0 Å². The number of rotatable bonds is 5. The fourth-order valence-electron chi connectivity index (χ4n) is 2.15. The molecule has 0 spiro atoms. The lowest BCUT2D eigenvalue weighted by Crippen LogP contribution is -2.15. The lowest BCUT2D eigenvalue weighted by molar-refractivity contribution is 0.275. The van der Waals surface area contributed by atoms with Crippen LogP contribution in [0.4, 0.5) is 0 Å². The van der Waals surface area contributed by atoms with Gasteiger partial charge in [0.2, 0.25) is 0 Å². The molecule has 6 heteroatoms. The monoisotopic (exact) mass is 265 g/mol. The van der Waals surface area contributed by atoms with E-state index in [-0.39, 0.29) is 12.6 Å². The molecule has 0 amide bonds. The minimum Gasteiger partial charge on any atom is -0.493 e. The lowest BCUT2D eigenvalue weighted by atomic mass is 10.2. The molecule has 0 saturated carbocycles. The summed E-state index contributed by atoms with van der Waals surface area (Å²) >= 11 is 0. The molecule has 0 saturated heterocycles. The first-order valence-electron chi connectivity index (χ1n) is 6.11. The molecule has 19 heavy (non-hydrogen) atoms. The minimum absolute atomic E-state index is 0.0273. The van der Waals surface area contributed by atoms with E-state index >= 15 is 0 Å². The van der Waals surface area contributed by atoms with Crippen molar-refractivity contribution in [1.29, 1.82) is 0 Å². The maximum atomic E-state index is 9.19. The third-order valence-electron chi connectivity index (χ3n) is 3.01. The fourth-order valence-corrected chi connectivity index (χ4v) is 2.15. The maximum Gasteiger partial charge on any atom is 0.163 e. The molecule has 2 rings (SSSR count). The summed E-state index contributed by atoms with van der Waals surface area (Å²) in [6.45, 7) is 2.34. The van der Waals surface area contributed by atoms with Crippen LogP contribution >= 0.6 is 0 Å². The molecule has 104 valence electrons. The van der Waals surface area contributed by atoms with Gasteiger partial charge in [-0.2, -0.15) is 0 Å². The van der Waals surface area contributed by atoms with Gasteiger partial charge in [0.1, 0.15) is 5.82 Å². The molecule has 1 unspecified atom stereocenters. The number of ether oxygens (including phenoxy) is 2. The molecule has 2 aromatic rings. The van der Waals surface area contributed by atoms with Crippen molar-refractivity contribution in [3.05, 3.63) is 18.0 Å². The second-order valence-electron chi connectivity index (χ2n) is 4.33. The summed E-state index contributed by atoms with van der Waals surface area (Å²) in [5, 5.41) is 9.19. The van der Waals surface area contributed by atoms with E-state index in [1.54, 1.807) is 14.2 Å². The van der Waals surface area contributed by atoms with Crippen molar-refractivity contribution in [3.8, 4) is 11.5 Å². The zero-order valence-electron chi connectivity index (χ0n) is 11.4. The van der Waals surface area contributed by atoms with Crippen LogP contribution in [-0.4, -0.2) is 35.5 Å². The lowest BCUT2D eigenvalue weighted by Gasteiger charge is -2.11. The van der Waals surface area contributed by atoms with Crippen LogP contribution in [0.5, 0.6) is 11.5 Å². The van der Waals surface area contributed by atoms with Crippen molar-refractivity contribution in [2.24, 2.45) is 5.73 Å². The van der Waals surface area contributed by atoms with Crippen molar-refractivity contribution in [2.75, 3.05) is 20.8 Å². The third-order valence-corrected chi connectivity index (χ3v) is 3.01. The zero-order chi connectivity index (χ0) is 14.0. The number of methoxy groups -OCH3 is 2. The first-order chi connectivity index (χ1) is 9.12. The Kier molecular flexibility index (Phi) is 3.92. The van der Waals surface area contributed by atoms with Gasteiger partial charge in [-0.1, -0.05) is 0 Å². The molecule has 1 aromatic heterocycles. The quantitative estimate of drug-likeness (QED) is 0.845. The van der Waals surface area contributed by atoms with Gasteiger partial charge in [-0.05, 0) is 6.92 Å². The number of benzene rings is 1. The van der Waals surface area contributed by atoms with E-state index in [4.69, 9.17) is 15.2 Å². The summed E-state index contributed by atoms with van der Waals surface area (Å²) in [5.41, 5.74) is 7.57. The van der Waals surface area contributed by atoms with E-state index in [2.05, 4.69) is 4.98 Å². The van der Waals surface area contributed by atoms with Gasteiger partial charge in [0, 0.05) is 18.7 Å².